The SMILES string of the molecule is C[C@H]1C[C@@H](C(=O)Nc2nnc(-c3cccc(Cl)c3)s2)CCN1.Cl. The van der Waals surface area contributed by atoms with Crippen molar-refractivity contribution in [2.45, 2.75) is 25.8 Å². The Morgan fingerprint density at radius 3 is 3.00 bits per heavy atom. The van der Waals surface area contributed by atoms with Gasteiger partial charge < -0.3 is 10.6 Å². The van der Waals surface area contributed by atoms with E-state index in [1.165, 1.54) is 11.3 Å². The number of anilines is 1. The number of hydrogen-bond donors (Lipinski definition) is 2. The third-order valence-corrected chi connectivity index (χ3v) is 4.84. The van der Waals surface area contributed by atoms with Gasteiger partial charge in [0.15, 0.2) is 0 Å². The van der Waals surface area contributed by atoms with Crippen LogP contribution in [-0.2, 0) is 4.79 Å². The van der Waals surface area contributed by atoms with Gasteiger partial charge in [-0.2, -0.15) is 0 Å². The molecule has 2 atom stereocenters. The van der Waals surface area contributed by atoms with Gasteiger partial charge in [0, 0.05) is 22.5 Å². The number of piperidine rings is 1. The van der Waals surface area contributed by atoms with Crippen LogP contribution in [0.5, 0.6) is 0 Å². The summed E-state index contributed by atoms with van der Waals surface area (Å²) in [5.41, 5.74) is 0.904. The Morgan fingerprint density at radius 1 is 1.43 bits per heavy atom. The highest BCUT2D eigenvalue weighted by atomic mass is 35.5. The minimum atomic E-state index is 0. The second-order valence-electron chi connectivity index (χ2n) is 5.49. The normalized spacial score (nSPS) is 20.6. The van der Waals surface area contributed by atoms with Crippen LogP contribution in [0.4, 0.5) is 5.13 Å². The van der Waals surface area contributed by atoms with E-state index in [1.807, 2.05) is 24.3 Å². The minimum absolute atomic E-state index is 0. The van der Waals surface area contributed by atoms with Crippen LogP contribution in [0.2, 0.25) is 5.02 Å². The van der Waals surface area contributed by atoms with E-state index in [0.29, 0.717) is 16.2 Å². The maximum atomic E-state index is 12.3. The van der Waals surface area contributed by atoms with Gasteiger partial charge >= 0.3 is 0 Å². The molecule has 0 radical (unpaired) electrons. The van der Waals surface area contributed by atoms with Crippen LogP contribution in [0.25, 0.3) is 10.6 Å². The lowest BCUT2D eigenvalue weighted by molar-refractivity contribution is -0.120. The predicted molar refractivity (Wildman–Crippen MR) is 96.4 cm³/mol. The Bertz CT molecular complexity index is 679. The first-order valence-electron chi connectivity index (χ1n) is 7.25. The van der Waals surface area contributed by atoms with Crippen LogP contribution in [0.3, 0.4) is 0 Å². The van der Waals surface area contributed by atoms with Crippen molar-refractivity contribution < 1.29 is 4.79 Å². The van der Waals surface area contributed by atoms with Crippen molar-refractivity contribution in [2.75, 3.05) is 11.9 Å². The number of nitrogens with one attached hydrogen (secondary N) is 2. The van der Waals surface area contributed by atoms with E-state index in [-0.39, 0.29) is 24.2 Å². The molecule has 1 saturated heterocycles. The molecular formula is C15H18Cl2N4OS. The summed E-state index contributed by atoms with van der Waals surface area (Å²) in [5, 5.41) is 16.3. The number of carbonyl (C=O) groups excluding carboxylic acids is 1. The third-order valence-electron chi connectivity index (χ3n) is 3.72. The fourth-order valence-electron chi connectivity index (χ4n) is 2.59. The van der Waals surface area contributed by atoms with E-state index in [9.17, 15) is 4.79 Å². The molecule has 0 saturated carbocycles. The zero-order valence-electron chi connectivity index (χ0n) is 12.6. The zero-order chi connectivity index (χ0) is 15.5. The van der Waals surface area contributed by atoms with E-state index in [2.05, 4.69) is 27.8 Å². The van der Waals surface area contributed by atoms with Gasteiger partial charge in [-0.05, 0) is 38.4 Å². The summed E-state index contributed by atoms with van der Waals surface area (Å²) in [4.78, 5) is 12.3. The number of amides is 1. The number of carbonyl (C=O) groups is 1. The van der Waals surface area contributed by atoms with Crippen LogP contribution < -0.4 is 10.6 Å². The zero-order valence-corrected chi connectivity index (χ0v) is 15.0. The summed E-state index contributed by atoms with van der Waals surface area (Å²) < 4.78 is 0. The average molecular weight is 373 g/mol. The first kappa shape index (κ1) is 18.1. The molecule has 2 aromatic rings. The predicted octanol–water partition coefficient (Wildman–Crippen LogP) is 3.61. The lowest BCUT2D eigenvalue weighted by atomic mass is 9.93. The minimum Gasteiger partial charge on any atom is -0.314 e. The third kappa shape index (κ3) is 4.64. The van der Waals surface area contributed by atoms with Gasteiger partial charge in [-0.25, -0.2) is 0 Å². The van der Waals surface area contributed by atoms with Crippen molar-refractivity contribution in [2.24, 2.45) is 5.92 Å². The molecule has 8 heteroatoms. The van der Waals surface area contributed by atoms with Gasteiger partial charge in [-0.1, -0.05) is 35.1 Å². The van der Waals surface area contributed by atoms with E-state index in [1.54, 1.807) is 0 Å². The molecule has 1 aromatic carbocycles. The topological polar surface area (TPSA) is 66.9 Å². The second kappa shape index (κ2) is 8.06. The quantitative estimate of drug-likeness (QED) is 0.863. The maximum absolute atomic E-state index is 12.3. The van der Waals surface area contributed by atoms with Gasteiger partial charge in [-0.15, -0.1) is 22.6 Å². The van der Waals surface area contributed by atoms with Crippen molar-refractivity contribution in [3.63, 3.8) is 0 Å². The van der Waals surface area contributed by atoms with Crippen LogP contribution >= 0.6 is 35.3 Å². The van der Waals surface area contributed by atoms with Gasteiger partial charge in [0.05, 0.1) is 0 Å². The molecule has 0 bridgehead atoms. The molecule has 2 N–H and O–H groups in total. The highest BCUT2D eigenvalue weighted by Crippen LogP contribution is 2.28. The Hall–Kier alpha value is -1.21. The molecule has 1 aliphatic heterocycles. The molecule has 0 spiro atoms. The monoisotopic (exact) mass is 372 g/mol. The summed E-state index contributed by atoms with van der Waals surface area (Å²) in [7, 11) is 0. The summed E-state index contributed by atoms with van der Waals surface area (Å²) in [6, 6.07) is 7.82. The molecule has 124 valence electrons. The summed E-state index contributed by atoms with van der Waals surface area (Å²) >= 11 is 7.34. The smallest absolute Gasteiger partial charge is 0.229 e. The molecular weight excluding hydrogens is 355 g/mol. The lowest BCUT2D eigenvalue weighted by Crippen LogP contribution is -2.40. The summed E-state index contributed by atoms with van der Waals surface area (Å²) in [5.74, 6) is 0.0666. The Labute approximate surface area is 150 Å². The molecule has 5 nitrogen and oxygen atoms in total. The van der Waals surface area contributed by atoms with Crippen LogP contribution in [0, 0.1) is 5.92 Å². The van der Waals surface area contributed by atoms with E-state index < -0.39 is 0 Å². The number of rotatable bonds is 3. The molecule has 2 heterocycles. The van der Waals surface area contributed by atoms with E-state index in [0.717, 1.165) is 30.0 Å². The first-order valence-corrected chi connectivity index (χ1v) is 8.45. The molecule has 0 unspecified atom stereocenters. The lowest BCUT2D eigenvalue weighted by Gasteiger charge is -2.26. The van der Waals surface area contributed by atoms with E-state index in [4.69, 9.17) is 11.6 Å². The Balaban J connectivity index is 0.00000192. The summed E-state index contributed by atoms with van der Waals surface area (Å²) in [6.07, 6.45) is 1.71. The van der Waals surface area contributed by atoms with Gasteiger partial charge in [0.25, 0.3) is 0 Å². The molecule has 1 fully saturated rings. The van der Waals surface area contributed by atoms with Crippen molar-refractivity contribution in [1.29, 1.82) is 0 Å². The number of aromatic nitrogens is 2. The largest absolute Gasteiger partial charge is 0.314 e. The average Bonchev–Trinajstić information content (AvgIpc) is 2.96. The molecule has 1 amide bonds. The number of benzene rings is 1. The molecule has 1 aliphatic rings. The van der Waals surface area contributed by atoms with Gasteiger partial charge in [0.1, 0.15) is 5.01 Å². The van der Waals surface area contributed by atoms with Crippen molar-refractivity contribution >= 4 is 46.4 Å². The maximum Gasteiger partial charge on any atom is 0.229 e. The Kier molecular flexibility index (Phi) is 6.35. The second-order valence-corrected chi connectivity index (χ2v) is 6.90. The summed E-state index contributed by atoms with van der Waals surface area (Å²) in [6.45, 7) is 2.98. The van der Waals surface area contributed by atoms with Crippen molar-refractivity contribution in [1.82, 2.24) is 15.5 Å². The molecule has 23 heavy (non-hydrogen) atoms. The van der Waals surface area contributed by atoms with Crippen LogP contribution in [0.1, 0.15) is 19.8 Å². The van der Waals surface area contributed by atoms with Crippen LogP contribution in [0.15, 0.2) is 24.3 Å². The van der Waals surface area contributed by atoms with Gasteiger partial charge in [0.2, 0.25) is 11.0 Å². The number of hydrogen-bond acceptors (Lipinski definition) is 5. The Morgan fingerprint density at radius 2 is 2.26 bits per heavy atom. The molecule has 1 aromatic heterocycles. The first-order chi connectivity index (χ1) is 10.6. The number of halogens is 2. The van der Waals surface area contributed by atoms with Crippen LogP contribution in [-0.4, -0.2) is 28.7 Å². The molecule has 0 aliphatic carbocycles. The standard InChI is InChI=1S/C15H17ClN4OS.ClH/c1-9-7-10(5-6-17-9)13(21)18-15-20-19-14(22-15)11-3-2-4-12(16)8-11;/h2-4,8-10,17H,5-7H2,1H3,(H,18,20,21);1H/t9-,10-;/m0./s1. The highest BCUT2D eigenvalue weighted by Gasteiger charge is 2.25. The van der Waals surface area contributed by atoms with Crippen molar-refractivity contribution in [3.8, 4) is 10.6 Å². The van der Waals surface area contributed by atoms with Gasteiger partial charge in [-0.3, -0.25) is 4.79 Å². The van der Waals surface area contributed by atoms with Crippen molar-refractivity contribution in [3.05, 3.63) is 29.3 Å². The van der Waals surface area contributed by atoms with E-state index >= 15 is 0 Å². The molecule has 3 rings (SSSR count). The number of nitrogens with zero attached hydrogens (tertiary/aromatic N) is 2. The highest BCUT2D eigenvalue weighted by molar-refractivity contribution is 7.18. The fourth-order valence-corrected chi connectivity index (χ4v) is 3.52. The fraction of sp³-hybridized carbons (Fsp3) is 0.400.